The molecule has 1 amide bonds. The smallest absolute Gasteiger partial charge is 0.248 e. The number of nitrogens with one attached hydrogen (secondary N) is 1. The number of amides is 1. The number of hydrogen-bond donors (Lipinski definition) is 1. The molecule has 3 heterocycles. The third-order valence-corrected chi connectivity index (χ3v) is 6.40. The van der Waals surface area contributed by atoms with Crippen molar-refractivity contribution in [2.75, 3.05) is 5.32 Å². The minimum Gasteiger partial charge on any atom is -0.321 e. The third-order valence-electron chi connectivity index (χ3n) is 6.40. The molecule has 34 heavy (non-hydrogen) atoms. The first-order valence-electron chi connectivity index (χ1n) is 11.5. The third kappa shape index (κ3) is 3.86. The zero-order chi connectivity index (χ0) is 23.7. The second-order valence-corrected chi connectivity index (χ2v) is 8.69. The molecule has 0 radical (unpaired) electrons. The molecule has 0 fully saturated rings. The summed E-state index contributed by atoms with van der Waals surface area (Å²) < 4.78 is 2.17. The van der Waals surface area contributed by atoms with Crippen molar-refractivity contribution in [3.8, 4) is 6.07 Å². The predicted octanol–water partition coefficient (Wildman–Crippen LogP) is 5.50. The maximum atomic E-state index is 12.7. The maximum Gasteiger partial charge on any atom is 0.248 e. The van der Waals surface area contributed by atoms with E-state index in [1.54, 1.807) is 30.6 Å². The zero-order valence-electron chi connectivity index (χ0n) is 19.2. The lowest BCUT2D eigenvalue weighted by molar-refractivity contribution is -0.111. The maximum absolute atomic E-state index is 12.7. The molecule has 0 bridgehead atoms. The van der Waals surface area contributed by atoms with Gasteiger partial charge in [-0.05, 0) is 74.1 Å². The van der Waals surface area contributed by atoms with Crippen molar-refractivity contribution in [1.82, 2.24) is 14.5 Å². The van der Waals surface area contributed by atoms with Crippen molar-refractivity contribution < 1.29 is 4.79 Å². The Morgan fingerprint density at radius 1 is 1.24 bits per heavy atom. The molecule has 0 saturated carbocycles. The van der Waals surface area contributed by atoms with E-state index in [0.717, 1.165) is 41.6 Å². The largest absolute Gasteiger partial charge is 0.321 e. The van der Waals surface area contributed by atoms with E-state index in [-0.39, 0.29) is 11.9 Å². The zero-order valence-corrected chi connectivity index (χ0v) is 19.2. The molecule has 3 aromatic heterocycles. The number of hydrogen-bond acceptors (Lipinski definition) is 4. The second-order valence-electron chi connectivity index (χ2n) is 8.69. The summed E-state index contributed by atoms with van der Waals surface area (Å²) in [6.07, 6.45) is 9.53. The van der Waals surface area contributed by atoms with Crippen molar-refractivity contribution in [2.45, 2.75) is 39.2 Å². The van der Waals surface area contributed by atoms with E-state index < -0.39 is 0 Å². The number of carbonyl (C=O) groups excluding carboxylic acids is 1. The molecule has 6 nitrogen and oxygen atoms in total. The van der Waals surface area contributed by atoms with Gasteiger partial charge in [-0.15, -0.1) is 0 Å². The lowest BCUT2D eigenvalue weighted by Crippen LogP contribution is -2.19. The summed E-state index contributed by atoms with van der Waals surface area (Å²) in [5, 5.41) is 13.9. The standard InChI is InChI=1S/C28H25N5O/c1-18-15-19(2)31-28-27(18)23(16-29)25(12-13-26(34)32-21-9-6-14-30-17-21)33(28)24-11-5-8-20-7-3-4-10-22(20)24/h3-4,6-7,9-10,12-15,17,24H,5,8,11H2,1-2H3,(H,32,34). The summed E-state index contributed by atoms with van der Waals surface area (Å²) in [5.74, 6) is -0.279. The van der Waals surface area contributed by atoms with Gasteiger partial charge in [0.2, 0.25) is 5.91 Å². The number of aromatic nitrogens is 3. The summed E-state index contributed by atoms with van der Waals surface area (Å²) in [5.41, 5.74) is 7.17. The van der Waals surface area contributed by atoms with Gasteiger partial charge in [-0.2, -0.15) is 5.26 Å². The van der Waals surface area contributed by atoms with Gasteiger partial charge in [0.15, 0.2) is 0 Å². The van der Waals surface area contributed by atoms with Crippen LogP contribution in [0.4, 0.5) is 5.69 Å². The van der Waals surface area contributed by atoms with E-state index in [9.17, 15) is 10.1 Å². The molecule has 1 aromatic carbocycles. The van der Waals surface area contributed by atoms with Gasteiger partial charge >= 0.3 is 0 Å². The fraction of sp³-hybridized carbons (Fsp3) is 0.214. The molecule has 0 saturated heterocycles. The van der Waals surface area contributed by atoms with Crippen LogP contribution < -0.4 is 5.32 Å². The minimum atomic E-state index is -0.279. The highest BCUT2D eigenvalue weighted by molar-refractivity contribution is 6.03. The molecular weight excluding hydrogens is 422 g/mol. The van der Waals surface area contributed by atoms with Crippen LogP contribution >= 0.6 is 0 Å². The Hall–Kier alpha value is -4.24. The Bertz CT molecular complexity index is 1460. The highest BCUT2D eigenvalue weighted by atomic mass is 16.1. The van der Waals surface area contributed by atoms with Crippen LogP contribution in [0.1, 0.15) is 52.5 Å². The number of benzene rings is 1. The highest BCUT2D eigenvalue weighted by Gasteiger charge is 2.28. The Morgan fingerprint density at radius 2 is 2.09 bits per heavy atom. The number of anilines is 1. The molecule has 1 atom stereocenters. The molecule has 168 valence electrons. The Labute approximate surface area is 198 Å². The molecule has 6 heteroatoms. The van der Waals surface area contributed by atoms with Crippen LogP contribution in [0.15, 0.2) is 60.9 Å². The summed E-state index contributed by atoms with van der Waals surface area (Å²) in [7, 11) is 0. The van der Waals surface area contributed by atoms with E-state index in [4.69, 9.17) is 4.98 Å². The molecular formula is C28H25N5O. The van der Waals surface area contributed by atoms with Crippen molar-refractivity contribution in [3.63, 3.8) is 0 Å². The second kappa shape index (κ2) is 8.95. The van der Waals surface area contributed by atoms with Crippen molar-refractivity contribution >= 4 is 28.7 Å². The van der Waals surface area contributed by atoms with E-state index >= 15 is 0 Å². The summed E-state index contributed by atoms with van der Waals surface area (Å²) in [6.45, 7) is 3.99. The molecule has 1 aliphatic rings. The summed E-state index contributed by atoms with van der Waals surface area (Å²) in [6, 6.07) is 16.5. The van der Waals surface area contributed by atoms with Gasteiger partial charge < -0.3 is 9.88 Å². The molecule has 1 N–H and O–H groups in total. The van der Waals surface area contributed by atoms with Crippen LogP contribution in [-0.4, -0.2) is 20.4 Å². The van der Waals surface area contributed by atoms with Gasteiger partial charge in [-0.3, -0.25) is 9.78 Å². The average Bonchev–Trinajstić information content (AvgIpc) is 3.16. The minimum absolute atomic E-state index is 0.0456. The Balaban J connectivity index is 1.68. The molecule has 5 rings (SSSR count). The van der Waals surface area contributed by atoms with Crippen LogP contribution in [0.5, 0.6) is 0 Å². The molecule has 0 spiro atoms. The first kappa shape index (κ1) is 21.6. The number of aryl methyl sites for hydroxylation is 3. The normalized spacial score (nSPS) is 15.3. The number of carbonyl (C=O) groups is 1. The Kier molecular flexibility index (Phi) is 5.69. The van der Waals surface area contributed by atoms with Gasteiger partial charge in [0.25, 0.3) is 0 Å². The van der Waals surface area contributed by atoms with Gasteiger partial charge in [0.05, 0.1) is 29.2 Å². The molecule has 4 aromatic rings. The first-order valence-corrected chi connectivity index (χ1v) is 11.5. The van der Waals surface area contributed by atoms with E-state index in [0.29, 0.717) is 16.9 Å². The number of nitrogens with zero attached hydrogens (tertiary/aromatic N) is 4. The van der Waals surface area contributed by atoms with Crippen LogP contribution in [0, 0.1) is 25.2 Å². The summed E-state index contributed by atoms with van der Waals surface area (Å²) in [4.78, 5) is 21.6. The quantitative estimate of drug-likeness (QED) is 0.419. The van der Waals surface area contributed by atoms with Gasteiger partial charge in [0, 0.05) is 23.4 Å². The number of fused-ring (bicyclic) bond motifs is 2. The van der Waals surface area contributed by atoms with Crippen molar-refractivity contribution in [3.05, 3.63) is 94.6 Å². The Morgan fingerprint density at radius 3 is 2.88 bits per heavy atom. The fourth-order valence-electron chi connectivity index (χ4n) is 5.03. The molecule has 1 aliphatic carbocycles. The molecule has 0 aliphatic heterocycles. The van der Waals surface area contributed by atoms with E-state index in [1.165, 1.54) is 17.2 Å². The van der Waals surface area contributed by atoms with Crippen LogP contribution in [0.2, 0.25) is 0 Å². The average molecular weight is 448 g/mol. The lowest BCUT2D eigenvalue weighted by atomic mass is 9.87. The first-order chi connectivity index (χ1) is 16.6. The topological polar surface area (TPSA) is 83.6 Å². The highest BCUT2D eigenvalue weighted by Crippen LogP contribution is 2.39. The fourth-order valence-corrected chi connectivity index (χ4v) is 5.03. The van der Waals surface area contributed by atoms with Crippen molar-refractivity contribution in [2.24, 2.45) is 0 Å². The summed E-state index contributed by atoms with van der Waals surface area (Å²) >= 11 is 0. The van der Waals surface area contributed by atoms with Gasteiger partial charge in [0.1, 0.15) is 11.7 Å². The van der Waals surface area contributed by atoms with Crippen molar-refractivity contribution in [1.29, 1.82) is 5.26 Å². The lowest BCUT2D eigenvalue weighted by Gasteiger charge is -2.28. The molecule has 1 unspecified atom stereocenters. The van der Waals surface area contributed by atoms with Gasteiger partial charge in [-0.1, -0.05) is 24.3 Å². The van der Waals surface area contributed by atoms with E-state index in [1.807, 2.05) is 19.9 Å². The monoisotopic (exact) mass is 447 g/mol. The van der Waals surface area contributed by atoms with E-state index in [2.05, 4.69) is 45.2 Å². The number of pyridine rings is 2. The van der Waals surface area contributed by atoms with Crippen LogP contribution in [-0.2, 0) is 11.2 Å². The van der Waals surface area contributed by atoms with Crippen LogP contribution in [0.3, 0.4) is 0 Å². The number of rotatable bonds is 4. The SMILES string of the molecule is Cc1cc(C)c2c(C#N)c(C=CC(=O)Nc3cccnc3)n(C3CCCc4ccccc43)c2n1. The predicted molar refractivity (Wildman–Crippen MR) is 133 cm³/mol. The van der Waals surface area contributed by atoms with Gasteiger partial charge in [-0.25, -0.2) is 4.98 Å². The van der Waals surface area contributed by atoms with Crippen LogP contribution in [0.25, 0.3) is 17.1 Å². The number of nitriles is 1.